The Hall–Kier alpha value is -1.53. The molecule has 0 bridgehead atoms. The van der Waals surface area contributed by atoms with E-state index in [1.54, 1.807) is 6.20 Å². The van der Waals surface area contributed by atoms with Gasteiger partial charge < -0.3 is 9.64 Å². The first-order chi connectivity index (χ1) is 8.28. The third kappa shape index (κ3) is 1.79. The van der Waals surface area contributed by atoms with Crippen LogP contribution in [0.15, 0.2) is 28.7 Å². The van der Waals surface area contributed by atoms with E-state index in [-0.39, 0.29) is 6.23 Å². The molecule has 3 heterocycles. The Morgan fingerprint density at radius 1 is 1.53 bits per heavy atom. The number of carbonyl (C=O) groups is 1. The van der Waals surface area contributed by atoms with Crippen molar-refractivity contribution in [2.24, 2.45) is 5.18 Å². The summed E-state index contributed by atoms with van der Waals surface area (Å²) in [6.45, 7) is 3.27. The number of allylic oxidation sites excluding steroid dienone is 1. The number of rotatable bonds is 1. The van der Waals surface area contributed by atoms with Crippen molar-refractivity contribution in [2.45, 2.75) is 12.6 Å². The zero-order chi connectivity index (χ0) is 11.8. The molecular weight excluding hydrogens is 222 g/mol. The first-order valence-electron chi connectivity index (χ1n) is 5.67. The van der Waals surface area contributed by atoms with Gasteiger partial charge in [-0.05, 0) is 6.42 Å². The van der Waals surface area contributed by atoms with E-state index in [1.165, 1.54) is 5.70 Å². The molecule has 6 nitrogen and oxygen atoms in total. The third-order valence-corrected chi connectivity index (χ3v) is 3.41. The molecule has 0 aromatic rings. The number of carbonyl (C=O) groups excluding carboxylic acids is 1. The van der Waals surface area contributed by atoms with Gasteiger partial charge in [-0.1, -0.05) is 6.08 Å². The van der Waals surface area contributed by atoms with E-state index in [0.29, 0.717) is 18.5 Å². The lowest BCUT2D eigenvalue weighted by molar-refractivity contribution is -0.114. The van der Waals surface area contributed by atoms with Gasteiger partial charge in [0.2, 0.25) is 0 Å². The average molecular weight is 235 g/mol. The standard InChI is InChI=1S/C11H13N3O3/c15-11(12-16)8-1-2-9-6-13-3-4-17-10(13)7-14(9)5-8/h2,5,10H,1,3-4,6-7H2. The van der Waals surface area contributed by atoms with Crippen molar-refractivity contribution in [3.63, 3.8) is 0 Å². The maximum absolute atomic E-state index is 11.2. The fourth-order valence-electron chi connectivity index (χ4n) is 2.48. The molecule has 3 aliphatic heterocycles. The van der Waals surface area contributed by atoms with E-state index >= 15 is 0 Å². The second kappa shape index (κ2) is 4.05. The fourth-order valence-corrected chi connectivity index (χ4v) is 2.48. The lowest BCUT2D eigenvalue weighted by atomic mass is 10.1. The van der Waals surface area contributed by atoms with E-state index in [0.717, 1.165) is 19.7 Å². The Kier molecular flexibility index (Phi) is 2.53. The number of hydrogen-bond acceptors (Lipinski definition) is 5. The van der Waals surface area contributed by atoms with Gasteiger partial charge in [0.1, 0.15) is 6.23 Å². The van der Waals surface area contributed by atoms with E-state index in [1.807, 2.05) is 11.0 Å². The highest BCUT2D eigenvalue weighted by molar-refractivity contribution is 5.94. The second-order valence-electron chi connectivity index (χ2n) is 4.40. The maximum atomic E-state index is 11.2. The molecule has 17 heavy (non-hydrogen) atoms. The van der Waals surface area contributed by atoms with Gasteiger partial charge in [-0.2, -0.15) is 0 Å². The molecule has 2 saturated heterocycles. The van der Waals surface area contributed by atoms with E-state index in [4.69, 9.17) is 4.74 Å². The highest BCUT2D eigenvalue weighted by Crippen LogP contribution is 2.27. The van der Waals surface area contributed by atoms with Crippen molar-refractivity contribution in [1.29, 1.82) is 0 Å². The van der Waals surface area contributed by atoms with Crippen LogP contribution in [0.5, 0.6) is 0 Å². The quantitative estimate of drug-likeness (QED) is 0.616. The Balaban J connectivity index is 1.80. The van der Waals surface area contributed by atoms with E-state index in [2.05, 4.69) is 10.1 Å². The maximum Gasteiger partial charge on any atom is 0.314 e. The van der Waals surface area contributed by atoms with Gasteiger partial charge in [0, 0.05) is 35.7 Å². The van der Waals surface area contributed by atoms with Crippen LogP contribution in [0, 0.1) is 4.91 Å². The summed E-state index contributed by atoms with van der Waals surface area (Å²) >= 11 is 0. The van der Waals surface area contributed by atoms with Crippen molar-refractivity contribution in [1.82, 2.24) is 9.80 Å². The molecule has 3 rings (SSSR count). The first kappa shape index (κ1) is 10.6. The second-order valence-corrected chi connectivity index (χ2v) is 4.40. The van der Waals surface area contributed by atoms with Gasteiger partial charge in [-0.15, -0.1) is 4.91 Å². The van der Waals surface area contributed by atoms with Crippen LogP contribution in [-0.2, 0) is 9.53 Å². The Morgan fingerprint density at radius 2 is 2.41 bits per heavy atom. The number of piperazine rings is 1. The van der Waals surface area contributed by atoms with Crippen LogP contribution in [0.4, 0.5) is 0 Å². The van der Waals surface area contributed by atoms with Crippen molar-refractivity contribution in [2.75, 3.05) is 26.2 Å². The van der Waals surface area contributed by atoms with Crippen molar-refractivity contribution in [3.05, 3.63) is 28.5 Å². The molecule has 0 aliphatic carbocycles. The van der Waals surface area contributed by atoms with Gasteiger partial charge in [-0.3, -0.25) is 9.69 Å². The van der Waals surface area contributed by atoms with E-state index in [9.17, 15) is 9.70 Å². The smallest absolute Gasteiger partial charge is 0.314 e. The predicted octanol–water partition coefficient (Wildman–Crippen LogP) is 0.425. The minimum Gasteiger partial charge on any atom is -0.360 e. The zero-order valence-electron chi connectivity index (χ0n) is 9.33. The SMILES string of the molecule is O=NC(=O)C1=CN2CC3OCCN3CC2=CC1. The van der Waals surface area contributed by atoms with Crippen molar-refractivity contribution < 1.29 is 9.53 Å². The average Bonchev–Trinajstić information content (AvgIpc) is 2.81. The summed E-state index contributed by atoms with van der Waals surface area (Å²) in [5.74, 6) is -0.671. The molecule has 1 atom stereocenters. The summed E-state index contributed by atoms with van der Waals surface area (Å²) in [5, 5.41) is 2.46. The Labute approximate surface area is 98.5 Å². The Bertz CT molecular complexity index is 430. The van der Waals surface area contributed by atoms with E-state index < -0.39 is 5.91 Å². The molecule has 0 radical (unpaired) electrons. The van der Waals surface area contributed by atoms with Crippen LogP contribution >= 0.6 is 0 Å². The summed E-state index contributed by atoms with van der Waals surface area (Å²) in [6.07, 6.45) is 4.32. The molecule has 0 aromatic heterocycles. The molecule has 2 fully saturated rings. The molecular formula is C11H13N3O3. The molecule has 0 aromatic carbocycles. The highest BCUT2D eigenvalue weighted by Gasteiger charge is 2.34. The summed E-state index contributed by atoms with van der Waals surface area (Å²) in [6, 6.07) is 0. The minimum atomic E-state index is -0.671. The van der Waals surface area contributed by atoms with Gasteiger partial charge in [0.05, 0.1) is 13.2 Å². The summed E-state index contributed by atoms with van der Waals surface area (Å²) in [5.41, 5.74) is 1.63. The van der Waals surface area contributed by atoms with Gasteiger partial charge >= 0.3 is 5.91 Å². The lowest BCUT2D eigenvalue weighted by Gasteiger charge is -2.39. The van der Waals surface area contributed by atoms with Crippen LogP contribution < -0.4 is 0 Å². The number of fused-ring (bicyclic) bond motifs is 2. The number of hydrogen-bond donors (Lipinski definition) is 0. The third-order valence-electron chi connectivity index (χ3n) is 3.41. The molecule has 0 spiro atoms. The van der Waals surface area contributed by atoms with Crippen molar-refractivity contribution >= 4 is 5.91 Å². The molecule has 1 amide bonds. The first-order valence-corrected chi connectivity index (χ1v) is 5.67. The summed E-state index contributed by atoms with van der Waals surface area (Å²) in [4.78, 5) is 25.7. The van der Waals surface area contributed by atoms with Crippen LogP contribution in [0.1, 0.15) is 6.42 Å². The normalized spacial score (nSPS) is 28.0. The molecule has 6 heteroatoms. The summed E-state index contributed by atoms with van der Waals surface area (Å²) in [7, 11) is 0. The monoisotopic (exact) mass is 235 g/mol. The number of ether oxygens (including phenoxy) is 1. The Morgan fingerprint density at radius 3 is 3.24 bits per heavy atom. The molecule has 0 N–H and O–H groups in total. The number of nitrogens with zero attached hydrogens (tertiary/aromatic N) is 3. The minimum absolute atomic E-state index is 0.0991. The van der Waals surface area contributed by atoms with Crippen LogP contribution in [0.2, 0.25) is 0 Å². The fraction of sp³-hybridized carbons (Fsp3) is 0.545. The number of amides is 1. The van der Waals surface area contributed by atoms with Crippen molar-refractivity contribution in [3.8, 4) is 0 Å². The topological polar surface area (TPSA) is 62.2 Å². The predicted molar refractivity (Wildman–Crippen MR) is 59.6 cm³/mol. The van der Waals surface area contributed by atoms with Crippen LogP contribution in [0.3, 0.4) is 0 Å². The van der Waals surface area contributed by atoms with Gasteiger partial charge in [-0.25, -0.2) is 0 Å². The lowest BCUT2D eigenvalue weighted by Crippen LogP contribution is -2.48. The zero-order valence-corrected chi connectivity index (χ0v) is 9.33. The molecule has 3 aliphatic rings. The van der Waals surface area contributed by atoms with Gasteiger partial charge in [0.15, 0.2) is 0 Å². The molecule has 0 saturated carbocycles. The molecule has 90 valence electrons. The van der Waals surface area contributed by atoms with Crippen LogP contribution in [0.25, 0.3) is 0 Å². The van der Waals surface area contributed by atoms with Gasteiger partial charge in [0.25, 0.3) is 0 Å². The molecule has 1 unspecified atom stereocenters. The summed E-state index contributed by atoms with van der Waals surface area (Å²) < 4.78 is 5.59. The number of nitroso groups, excluding NO2 is 1. The van der Waals surface area contributed by atoms with Crippen LogP contribution in [-0.4, -0.2) is 48.2 Å². The largest absolute Gasteiger partial charge is 0.360 e. The highest BCUT2D eigenvalue weighted by atomic mass is 16.5.